The highest BCUT2D eigenvalue weighted by Gasteiger charge is 2.55. The molecular formula is C46H51N9O6. The Labute approximate surface area is 354 Å². The molecule has 3 aromatic carbocycles. The number of likely N-dealkylation sites (tertiary alicyclic amines) is 2. The van der Waals surface area contributed by atoms with Crippen LogP contribution in [0.1, 0.15) is 76.6 Å². The van der Waals surface area contributed by atoms with Gasteiger partial charge < -0.3 is 39.9 Å². The van der Waals surface area contributed by atoms with E-state index in [9.17, 15) is 24.4 Å². The van der Waals surface area contributed by atoms with Crippen molar-refractivity contribution in [3.63, 3.8) is 0 Å². The van der Waals surface area contributed by atoms with E-state index in [2.05, 4.69) is 80.2 Å². The van der Waals surface area contributed by atoms with Gasteiger partial charge in [-0.1, -0.05) is 69.3 Å². The molecule has 15 nitrogen and oxygen atoms in total. The van der Waals surface area contributed by atoms with Crippen LogP contribution in [0.15, 0.2) is 73.1 Å². The van der Waals surface area contributed by atoms with Gasteiger partial charge >= 0.3 is 12.2 Å². The van der Waals surface area contributed by atoms with E-state index in [0.29, 0.717) is 25.2 Å². The van der Waals surface area contributed by atoms with Crippen LogP contribution in [0, 0.1) is 28.6 Å². The number of alkyl carbamates (subject to hydrolysis) is 2. The second-order valence-corrected chi connectivity index (χ2v) is 16.9. The summed E-state index contributed by atoms with van der Waals surface area (Å²) in [4.78, 5) is 71.3. The molecule has 8 rings (SSSR count). The highest BCUT2D eigenvalue weighted by molar-refractivity contribution is 5.91. The Morgan fingerprint density at radius 2 is 1.38 bits per heavy atom. The van der Waals surface area contributed by atoms with Crippen LogP contribution in [0.5, 0.6) is 0 Å². The highest BCUT2D eigenvalue weighted by atomic mass is 16.5. The SMILES string of the molecule is CCC(NC(=O)OC)C(=O)N1CC(C#N)CC1c1ncc(-c2ccc(-c3ccc4cc(-c5cnc(C6CC7(CC7)CN6C(=O)C(NC(=O)OC)C(C)C)[nH]5)ccc4c3)cc2)[nH]1. The number of amides is 4. The number of aromatic amines is 2. The van der Waals surface area contributed by atoms with E-state index in [1.807, 2.05) is 44.0 Å². The second kappa shape index (κ2) is 16.8. The number of fused-ring (bicyclic) bond motifs is 1. The maximum absolute atomic E-state index is 13.9. The molecule has 3 aliphatic rings. The first-order valence-corrected chi connectivity index (χ1v) is 20.9. The standard InChI is InChI=1S/C46H51N9O6/c1-6-34(52-44(58)60-4)42(56)54-24-27(21-47)17-37(54)40-48-22-35(50-40)29-9-7-28(8-10-29)30-11-12-32-19-33(14-13-31(32)18-30)36-23-49-41(51-36)38-20-46(15-16-46)25-55(38)43(57)39(26(2)3)53-45(59)61-5/h7-14,18-19,22-23,26-27,34,37-39H,6,15-17,20,24-25H2,1-5H3,(H,48,50)(H,49,51)(H,52,58)(H,53,59). The summed E-state index contributed by atoms with van der Waals surface area (Å²) in [6, 6.07) is 21.1. The Kier molecular flexibility index (Phi) is 11.3. The van der Waals surface area contributed by atoms with Crippen LogP contribution in [-0.4, -0.2) is 93.1 Å². The third kappa shape index (κ3) is 8.27. The first-order valence-electron chi connectivity index (χ1n) is 20.9. The second-order valence-electron chi connectivity index (χ2n) is 16.9. The molecule has 5 unspecified atom stereocenters. The van der Waals surface area contributed by atoms with E-state index >= 15 is 0 Å². The molecule has 1 aliphatic carbocycles. The molecule has 3 fully saturated rings. The van der Waals surface area contributed by atoms with Crippen molar-refractivity contribution in [1.82, 2.24) is 40.4 Å². The minimum atomic E-state index is -0.775. The summed E-state index contributed by atoms with van der Waals surface area (Å²) in [7, 11) is 2.55. The minimum absolute atomic E-state index is 0.111. The molecule has 1 spiro atoms. The molecule has 0 bridgehead atoms. The fourth-order valence-electron chi connectivity index (χ4n) is 8.86. The van der Waals surface area contributed by atoms with Gasteiger partial charge in [0, 0.05) is 18.7 Å². The number of hydrogen-bond acceptors (Lipinski definition) is 9. The lowest BCUT2D eigenvalue weighted by Gasteiger charge is -2.30. The molecule has 2 aromatic heterocycles. The average molecular weight is 826 g/mol. The molecule has 5 atom stereocenters. The predicted molar refractivity (Wildman–Crippen MR) is 227 cm³/mol. The number of methoxy groups -OCH3 is 2. The van der Waals surface area contributed by atoms with Crippen LogP contribution in [0.25, 0.3) is 44.4 Å². The van der Waals surface area contributed by atoms with Crippen molar-refractivity contribution in [1.29, 1.82) is 5.26 Å². The fourth-order valence-corrected chi connectivity index (χ4v) is 8.86. The lowest BCUT2D eigenvalue weighted by atomic mass is 9.98. The number of H-pyrrole nitrogens is 2. The number of carbonyl (C=O) groups excluding carboxylic acids is 4. The van der Waals surface area contributed by atoms with Crippen molar-refractivity contribution in [2.75, 3.05) is 27.3 Å². The molecule has 4 amide bonds. The molecule has 2 saturated heterocycles. The number of ether oxygens (including phenoxy) is 2. The van der Waals surface area contributed by atoms with Gasteiger partial charge in [0.15, 0.2) is 0 Å². The van der Waals surface area contributed by atoms with Crippen molar-refractivity contribution in [2.24, 2.45) is 17.3 Å². The lowest BCUT2D eigenvalue weighted by molar-refractivity contribution is -0.136. The van der Waals surface area contributed by atoms with Gasteiger partial charge in [0.25, 0.3) is 0 Å². The van der Waals surface area contributed by atoms with Gasteiger partial charge in [0.2, 0.25) is 11.8 Å². The quantitative estimate of drug-likeness (QED) is 0.106. The van der Waals surface area contributed by atoms with E-state index in [0.717, 1.165) is 69.5 Å². The van der Waals surface area contributed by atoms with Gasteiger partial charge in [0.1, 0.15) is 23.7 Å². The molecule has 2 aliphatic heterocycles. The van der Waals surface area contributed by atoms with Crippen molar-refractivity contribution >= 4 is 34.8 Å². The molecular weight excluding hydrogens is 775 g/mol. The van der Waals surface area contributed by atoms with Crippen LogP contribution in [-0.2, 0) is 19.1 Å². The molecule has 61 heavy (non-hydrogen) atoms. The van der Waals surface area contributed by atoms with Crippen LogP contribution in [0.4, 0.5) is 9.59 Å². The zero-order chi connectivity index (χ0) is 43.0. The zero-order valence-electron chi connectivity index (χ0n) is 35.0. The topological polar surface area (TPSA) is 198 Å². The van der Waals surface area contributed by atoms with Crippen molar-refractivity contribution in [3.05, 3.63) is 84.7 Å². The number of carbonyl (C=O) groups is 4. The number of nitrogens with one attached hydrogen (secondary N) is 4. The lowest BCUT2D eigenvalue weighted by Crippen LogP contribution is -2.51. The Morgan fingerprint density at radius 3 is 1.98 bits per heavy atom. The van der Waals surface area contributed by atoms with E-state index < -0.39 is 30.3 Å². The third-order valence-corrected chi connectivity index (χ3v) is 12.6. The summed E-state index contributed by atoms with van der Waals surface area (Å²) in [5.74, 6) is 0.474. The predicted octanol–water partition coefficient (Wildman–Crippen LogP) is 7.27. The molecule has 5 aromatic rings. The summed E-state index contributed by atoms with van der Waals surface area (Å²) in [6.07, 6.45) is 6.08. The van der Waals surface area contributed by atoms with Gasteiger partial charge in [0.05, 0.1) is 62.1 Å². The first-order chi connectivity index (χ1) is 29.4. The van der Waals surface area contributed by atoms with E-state index in [1.165, 1.54) is 14.2 Å². The molecule has 1 saturated carbocycles. The van der Waals surface area contributed by atoms with Crippen LogP contribution in [0.3, 0.4) is 0 Å². The summed E-state index contributed by atoms with van der Waals surface area (Å²) in [5, 5.41) is 17.2. The summed E-state index contributed by atoms with van der Waals surface area (Å²) in [5.41, 5.74) is 5.80. The molecule has 15 heteroatoms. The maximum Gasteiger partial charge on any atom is 0.407 e. The minimum Gasteiger partial charge on any atom is -0.453 e. The zero-order valence-corrected chi connectivity index (χ0v) is 35.0. The number of benzene rings is 3. The summed E-state index contributed by atoms with van der Waals surface area (Å²) < 4.78 is 9.52. The van der Waals surface area contributed by atoms with Crippen LogP contribution >= 0.6 is 0 Å². The number of aromatic nitrogens is 4. The van der Waals surface area contributed by atoms with Crippen molar-refractivity contribution in [3.8, 4) is 39.7 Å². The average Bonchev–Trinajstić information content (AvgIpc) is 3.78. The van der Waals surface area contributed by atoms with Crippen molar-refractivity contribution < 1.29 is 28.7 Å². The Bertz CT molecular complexity index is 2500. The number of nitrogens with zero attached hydrogens (tertiary/aromatic N) is 5. The number of imidazole rings is 2. The number of nitriles is 1. The van der Waals surface area contributed by atoms with E-state index in [4.69, 9.17) is 14.5 Å². The van der Waals surface area contributed by atoms with Gasteiger partial charge in [-0.25, -0.2) is 19.6 Å². The number of rotatable bonds is 11. The van der Waals surface area contributed by atoms with Gasteiger partial charge in [-0.3, -0.25) is 9.59 Å². The first kappa shape index (κ1) is 41.1. The smallest absolute Gasteiger partial charge is 0.407 e. The molecule has 0 radical (unpaired) electrons. The summed E-state index contributed by atoms with van der Waals surface area (Å²) in [6.45, 7) is 6.55. The van der Waals surface area contributed by atoms with Crippen LogP contribution in [0.2, 0.25) is 0 Å². The normalized spacial score (nSPS) is 20.0. The number of hydrogen-bond donors (Lipinski definition) is 4. The fraction of sp³-hybridized carbons (Fsp3) is 0.413. The Morgan fingerprint density at radius 1 is 0.803 bits per heavy atom. The maximum atomic E-state index is 13.9. The van der Waals surface area contributed by atoms with Crippen molar-refractivity contribution in [2.45, 2.75) is 77.0 Å². The van der Waals surface area contributed by atoms with Crippen LogP contribution < -0.4 is 10.6 Å². The Balaban J connectivity index is 0.960. The Hall–Kier alpha value is -6.69. The molecule has 316 valence electrons. The monoisotopic (exact) mass is 825 g/mol. The largest absolute Gasteiger partial charge is 0.453 e. The molecule has 4 heterocycles. The van der Waals surface area contributed by atoms with Gasteiger partial charge in [-0.2, -0.15) is 5.26 Å². The highest BCUT2D eigenvalue weighted by Crippen LogP contribution is 2.58. The van der Waals surface area contributed by atoms with Gasteiger partial charge in [-0.05, 0) is 83.0 Å². The van der Waals surface area contributed by atoms with Gasteiger partial charge in [-0.15, -0.1) is 0 Å². The van der Waals surface area contributed by atoms with E-state index in [1.54, 1.807) is 11.1 Å². The summed E-state index contributed by atoms with van der Waals surface area (Å²) >= 11 is 0. The van der Waals surface area contributed by atoms with E-state index in [-0.39, 0.29) is 41.7 Å². The molecule has 4 N–H and O–H groups in total. The third-order valence-electron chi connectivity index (χ3n) is 12.6.